The predicted octanol–water partition coefficient (Wildman–Crippen LogP) is 3.27. The SMILES string of the molecule is CC1(C)CC(NCc2ccc(-n3ccnc3)cc2)CC(C)(C)N1. The quantitative estimate of drug-likeness (QED) is 0.910. The van der Waals surface area contributed by atoms with Crippen molar-refractivity contribution in [3.63, 3.8) is 0 Å². The van der Waals surface area contributed by atoms with Crippen LogP contribution < -0.4 is 10.6 Å². The molecule has 0 spiro atoms. The van der Waals surface area contributed by atoms with Crippen molar-refractivity contribution in [2.45, 2.75) is 64.2 Å². The summed E-state index contributed by atoms with van der Waals surface area (Å²) in [6.45, 7) is 10.1. The van der Waals surface area contributed by atoms with Crippen molar-refractivity contribution in [2.24, 2.45) is 0 Å². The van der Waals surface area contributed by atoms with Crippen LogP contribution in [0.25, 0.3) is 5.69 Å². The highest BCUT2D eigenvalue weighted by atomic mass is 15.1. The summed E-state index contributed by atoms with van der Waals surface area (Å²) in [7, 11) is 0. The van der Waals surface area contributed by atoms with Crippen molar-refractivity contribution >= 4 is 0 Å². The fourth-order valence-corrected chi connectivity index (χ4v) is 3.93. The minimum absolute atomic E-state index is 0.185. The molecule has 0 aliphatic carbocycles. The molecule has 0 unspecified atom stereocenters. The lowest BCUT2D eigenvalue weighted by Gasteiger charge is -2.46. The third kappa shape index (κ3) is 4.21. The van der Waals surface area contributed by atoms with Gasteiger partial charge in [0.05, 0.1) is 6.33 Å². The molecule has 1 fully saturated rings. The van der Waals surface area contributed by atoms with Gasteiger partial charge in [-0.05, 0) is 58.2 Å². The molecule has 2 aromatic rings. The summed E-state index contributed by atoms with van der Waals surface area (Å²) in [6.07, 6.45) is 7.90. The Morgan fingerprint density at radius 2 is 1.78 bits per heavy atom. The van der Waals surface area contributed by atoms with Gasteiger partial charge in [-0.2, -0.15) is 0 Å². The van der Waals surface area contributed by atoms with Crippen LogP contribution in [0.15, 0.2) is 43.0 Å². The summed E-state index contributed by atoms with van der Waals surface area (Å²) in [5.74, 6) is 0. The number of aromatic nitrogens is 2. The first-order chi connectivity index (χ1) is 10.8. The molecule has 4 heteroatoms. The topological polar surface area (TPSA) is 41.9 Å². The van der Waals surface area contributed by atoms with Gasteiger partial charge in [-0.15, -0.1) is 0 Å². The minimum atomic E-state index is 0.185. The lowest BCUT2D eigenvalue weighted by atomic mass is 9.79. The second-order valence-corrected chi connectivity index (χ2v) is 8.02. The Labute approximate surface area is 139 Å². The monoisotopic (exact) mass is 312 g/mol. The molecular weight excluding hydrogens is 284 g/mol. The molecule has 1 saturated heterocycles. The molecule has 0 atom stereocenters. The zero-order valence-electron chi connectivity index (χ0n) is 14.6. The number of hydrogen-bond acceptors (Lipinski definition) is 3. The maximum atomic E-state index is 4.09. The first-order valence-electron chi connectivity index (χ1n) is 8.43. The maximum absolute atomic E-state index is 4.09. The summed E-state index contributed by atoms with van der Waals surface area (Å²) >= 11 is 0. The number of rotatable bonds is 4. The van der Waals surface area contributed by atoms with Crippen LogP contribution in [0, 0.1) is 0 Å². The highest BCUT2D eigenvalue weighted by molar-refractivity contribution is 5.34. The summed E-state index contributed by atoms with van der Waals surface area (Å²) in [5.41, 5.74) is 2.84. The molecule has 1 aliphatic heterocycles. The van der Waals surface area contributed by atoms with Crippen molar-refractivity contribution in [3.05, 3.63) is 48.5 Å². The van der Waals surface area contributed by atoms with Crippen molar-refractivity contribution in [1.29, 1.82) is 0 Å². The fourth-order valence-electron chi connectivity index (χ4n) is 3.93. The van der Waals surface area contributed by atoms with Crippen molar-refractivity contribution in [3.8, 4) is 5.69 Å². The van der Waals surface area contributed by atoms with E-state index in [1.807, 2.05) is 17.1 Å². The van der Waals surface area contributed by atoms with Crippen LogP contribution in [-0.4, -0.2) is 26.7 Å². The van der Waals surface area contributed by atoms with Gasteiger partial charge in [0.25, 0.3) is 0 Å². The summed E-state index contributed by atoms with van der Waals surface area (Å²) < 4.78 is 2.02. The Hall–Kier alpha value is -1.65. The van der Waals surface area contributed by atoms with E-state index in [0.29, 0.717) is 6.04 Å². The van der Waals surface area contributed by atoms with Crippen LogP contribution in [0.1, 0.15) is 46.1 Å². The molecule has 4 nitrogen and oxygen atoms in total. The first-order valence-corrected chi connectivity index (χ1v) is 8.43. The zero-order chi connectivity index (χ0) is 16.5. The van der Waals surface area contributed by atoms with Gasteiger partial charge in [0.1, 0.15) is 0 Å². The van der Waals surface area contributed by atoms with Gasteiger partial charge in [0, 0.05) is 41.7 Å². The maximum Gasteiger partial charge on any atom is 0.0991 e. The Kier molecular flexibility index (Phi) is 4.30. The second kappa shape index (κ2) is 6.10. The number of nitrogens with zero attached hydrogens (tertiary/aromatic N) is 2. The van der Waals surface area contributed by atoms with Gasteiger partial charge in [-0.3, -0.25) is 0 Å². The fraction of sp³-hybridized carbons (Fsp3) is 0.526. The van der Waals surface area contributed by atoms with E-state index < -0.39 is 0 Å². The number of piperidine rings is 1. The third-order valence-electron chi connectivity index (χ3n) is 4.52. The van der Waals surface area contributed by atoms with E-state index in [-0.39, 0.29) is 11.1 Å². The highest BCUT2D eigenvalue weighted by Gasteiger charge is 2.37. The van der Waals surface area contributed by atoms with E-state index in [2.05, 4.69) is 67.6 Å². The van der Waals surface area contributed by atoms with Crippen molar-refractivity contribution in [1.82, 2.24) is 20.2 Å². The van der Waals surface area contributed by atoms with Crippen molar-refractivity contribution in [2.75, 3.05) is 0 Å². The second-order valence-electron chi connectivity index (χ2n) is 8.02. The summed E-state index contributed by atoms with van der Waals surface area (Å²) in [5, 5.41) is 7.48. The van der Waals surface area contributed by atoms with E-state index in [1.165, 1.54) is 5.56 Å². The number of nitrogens with one attached hydrogen (secondary N) is 2. The molecule has 0 radical (unpaired) electrons. The molecule has 1 aromatic carbocycles. The molecule has 3 rings (SSSR count). The average Bonchev–Trinajstić information content (AvgIpc) is 2.96. The Morgan fingerprint density at radius 1 is 1.13 bits per heavy atom. The van der Waals surface area contributed by atoms with Crippen LogP contribution in [0.4, 0.5) is 0 Å². The van der Waals surface area contributed by atoms with E-state index >= 15 is 0 Å². The molecule has 0 saturated carbocycles. The van der Waals surface area contributed by atoms with Gasteiger partial charge < -0.3 is 15.2 Å². The van der Waals surface area contributed by atoms with Gasteiger partial charge >= 0.3 is 0 Å². The first kappa shape index (κ1) is 16.2. The smallest absolute Gasteiger partial charge is 0.0991 e. The normalized spacial score (nSPS) is 20.5. The summed E-state index contributed by atoms with van der Waals surface area (Å²) in [4.78, 5) is 4.09. The molecule has 23 heavy (non-hydrogen) atoms. The Bertz CT molecular complexity index is 610. The molecule has 0 bridgehead atoms. The van der Waals surface area contributed by atoms with Crippen LogP contribution in [0.2, 0.25) is 0 Å². The largest absolute Gasteiger partial charge is 0.310 e. The third-order valence-corrected chi connectivity index (χ3v) is 4.52. The number of hydrogen-bond donors (Lipinski definition) is 2. The van der Waals surface area contributed by atoms with Gasteiger partial charge in [0.15, 0.2) is 0 Å². The standard InChI is InChI=1S/C19H28N4/c1-18(2)11-16(12-19(3,4)22-18)21-13-15-5-7-17(8-6-15)23-10-9-20-14-23/h5-10,14,16,21-22H,11-13H2,1-4H3. The van der Waals surface area contributed by atoms with Gasteiger partial charge in [-0.1, -0.05) is 12.1 Å². The molecule has 2 N–H and O–H groups in total. The molecule has 0 amide bonds. The molecule has 1 aromatic heterocycles. The predicted molar refractivity (Wildman–Crippen MR) is 94.7 cm³/mol. The van der Waals surface area contributed by atoms with E-state index in [4.69, 9.17) is 0 Å². The lowest BCUT2D eigenvalue weighted by Crippen LogP contribution is -2.61. The molecule has 2 heterocycles. The number of benzene rings is 1. The minimum Gasteiger partial charge on any atom is -0.310 e. The molecular formula is C19H28N4. The van der Waals surface area contributed by atoms with Crippen molar-refractivity contribution < 1.29 is 0 Å². The summed E-state index contributed by atoms with van der Waals surface area (Å²) in [6, 6.07) is 9.23. The van der Waals surface area contributed by atoms with E-state index in [1.54, 1.807) is 6.20 Å². The Balaban J connectivity index is 1.60. The van der Waals surface area contributed by atoms with E-state index in [0.717, 1.165) is 25.1 Å². The van der Waals surface area contributed by atoms with Crippen LogP contribution in [-0.2, 0) is 6.54 Å². The molecule has 1 aliphatic rings. The van der Waals surface area contributed by atoms with E-state index in [9.17, 15) is 0 Å². The Morgan fingerprint density at radius 3 is 2.35 bits per heavy atom. The zero-order valence-corrected chi connectivity index (χ0v) is 14.6. The number of imidazole rings is 1. The van der Waals surface area contributed by atoms with Gasteiger partial charge in [0.2, 0.25) is 0 Å². The van der Waals surface area contributed by atoms with Crippen LogP contribution in [0.3, 0.4) is 0 Å². The average molecular weight is 312 g/mol. The highest BCUT2D eigenvalue weighted by Crippen LogP contribution is 2.28. The van der Waals surface area contributed by atoms with Crippen LogP contribution >= 0.6 is 0 Å². The van der Waals surface area contributed by atoms with Crippen LogP contribution in [0.5, 0.6) is 0 Å². The lowest BCUT2D eigenvalue weighted by molar-refractivity contribution is 0.145. The van der Waals surface area contributed by atoms with Gasteiger partial charge in [-0.25, -0.2) is 4.98 Å². The molecule has 124 valence electrons.